The molecule has 0 unspecified atom stereocenters. The third-order valence-electron chi connectivity index (χ3n) is 1.21. The summed E-state index contributed by atoms with van der Waals surface area (Å²) in [6.45, 7) is 2.10. The van der Waals surface area contributed by atoms with Gasteiger partial charge in [-0.05, 0) is 37.5 Å². The average Bonchev–Trinajstić information content (AvgIpc) is 1.94. The van der Waals surface area contributed by atoms with Crippen molar-refractivity contribution in [2.24, 2.45) is 0 Å². The van der Waals surface area contributed by atoms with Gasteiger partial charge in [0.25, 0.3) is 0 Å². The van der Waals surface area contributed by atoms with Gasteiger partial charge in [0.2, 0.25) is 0 Å². The van der Waals surface area contributed by atoms with Crippen molar-refractivity contribution in [2.45, 2.75) is 19.8 Å². The lowest BCUT2D eigenvalue weighted by atomic mass is 10.2. The van der Waals surface area contributed by atoms with E-state index in [9.17, 15) is 0 Å². The summed E-state index contributed by atoms with van der Waals surface area (Å²) in [6.07, 6.45) is 8.65. The lowest BCUT2D eigenvalue weighted by Crippen LogP contribution is -1.64. The first-order chi connectivity index (χ1) is 3.89. The largest absolute Gasteiger partial charge is 0.125 e. The normalized spacial score (nSPS) is 17.9. The molecule has 0 saturated heterocycles. The van der Waals surface area contributed by atoms with E-state index < -0.39 is 0 Å². The monoisotopic (exact) mass is 106 g/mol. The summed E-state index contributed by atoms with van der Waals surface area (Å²) in [5.74, 6) is 0. The Hall–Kier alpha value is -0.740. The highest BCUT2D eigenvalue weighted by molar-refractivity contribution is 5.17. The molecule has 0 saturated carbocycles. The fourth-order valence-electron chi connectivity index (χ4n) is 0.727. The van der Waals surface area contributed by atoms with E-state index in [0.29, 0.717) is 0 Å². The van der Waals surface area contributed by atoms with Crippen LogP contribution < -0.4 is 0 Å². The first-order valence-electron chi connectivity index (χ1n) is 2.97. The molecule has 0 fully saturated rings. The van der Waals surface area contributed by atoms with Gasteiger partial charge in [-0.3, -0.25) is 0 Å². The van der Waals surface area contributed by atoms with E-state index in [4.69, 9.17) is 0 Å². The Labute approximate surface area is 50.2 Å². The number of hydrogen-bond donors (Lipinski definition) is 0. The summed E-state index contributed by atoms with van der Waals surface area (Å²) < 4.78 is 0. The maximum atomic E-state index is 3.08. The van der Waals surface area contributed by atoms with Gasteiger partial charge in [0.15, 0.2) is 0 Å². The van der Waals surface area contributed by atoms with Crippen molar-refractivity contribution >= 4 is 0 Å². The van der Waals surface area contributed by atoms with Crippen molar-refractivity contribution in [3.63, 3.8) is 0 Å². The molecule has 1 rings (SSSR count). The lowest BCUT2D eigenvalue weighted by Gasteiger charge is -1.83. The maximum absolute atomic E-state index is 3.08. The molecule has 0 aromatic carbocycles. The van der Waals surface area contributed by atoms with Gasteiger partial charge in [-0.1, -0.05) is 6.08 Å². The third kappa shape index (κ3) is 1.40. The molecule has 0 aliphatic heterocycles. The molecule has 0 heteroatoms. The van der Waals surface area contributed by atoms with Crippen LogP contribution in [0.1, 0.15) is 19.8 Å². The van der Waals surface area contributed by atoms with Gasteiger partial charge < -0.3 is 0 Å². The molecular weight excluding hydrogens is 96.1 g/mol. The fourth-order valence-corrected chi connectivity index (χ4v) is 0.727. The van der Waals surface area contributed by atoms with Crippen LogP contribution in [0.25, 0.3) is 0 Å². The second-order valence-corrected chi connectivity index (χ2v) is 2.04. The molecule has 0 nitrogen and oxygen atoms in total. The highest BCUT2D eigenvalue weighted by Gasteiger charge is 1.83. The van der Waals surface area contributed by atoms with Crippen molar-refractivity contribution in [2.75, 3.05) is 0 Å². The molecule has 0 heterocycles. The minimum absolute atomic E-state index is 1.15. The van der Waals surface area contributed by atoms with Crippen LogP contribution in [0.5, 0.6) is 0 Å². The minimum atomic E-state index is 1.15. The van der Waals surface area contributed by atoms with Crippen molar-refractivity contribution in [3.05, 3.63) is 29.5 Å². The molecule has 0 N–H and O–H groups in total. The number of hydrogen-bond acceptors (Lipinski definition) is 0. The zero-order valence-electron chi connectivity index (χ0n) is 5.15. The van der Waals surface area contributed by atoms with Gasteiger partial charge in [-0.15, -0.1) is 5.73 Å². The topological polar surface area (TPSA) is 0 Å². The van der Waals surface area contributed by atoms with Gasteiger partial charge in [-0.2, -0.15) is 0 Å². The minimum Gasteiger partial charge on any atom is -0.125 e. The van der Waals surface area contributed by atoms with Crippen molar-refractivity contribution in [3.8, 4) is 0 Å². The van der Waals surface area contributed by atoms with Gasteiger partial charge in [-0.25, -0.2) is 0 Å². The van der Waals surface area contributed by atoms with Gasteiger partial charge >= 0.3 is 0 Å². The van der Waals surface area contributed by atoms with Crippen LogP contribution in [0, 0.1) is 0 Å². The maximum Gasteiger partial charge on any atom is -0.0177 e. The van der Waals surface area contributed by atoms with Crippen molar-refractivity contribution in [1.82, 2.24) is 0 Å². The van der Waals surface area contributed by atoms with Crippen molar-refractivity contribution < 1.29 is 0 Å². The van der Waals surface area contributed by atoms with Gasteiger partial charge in [0.1, 0.15) is 0 Å². The number of rotatable bonds is 0. The first kappa shape index (κ1) is 5.40. The van der Waals surface area contributed by atoms with Gasteiger partial charge in [0.05, 0.1) is 0 Å². The van der Waals surface area contributed by atoms with Crippen LogP contribution in [0.15, 0.2) is 29.5 Å². The molecule has 0 atom stereocenters. The highest BCUT2D eigenvalue weighted by Crippen LogP contribution is 2.03. The average molecular weight is 106 g/mol. The Morgan fingerprint density at radius 2 is 2.38 bits per heavy atom. The second kappa shape index (κ2) is 2.54. The highest BCUT2D eigenvalue weighted by atomic mass is 13.9. The molecule has 0 aromatic heterocycles. The van der Waals surface area contributed by atoms with Crippen LogP contribution in [0.4, 0.5) is 0 Å². The smallest absolute Gasteiger partial charge is 0.0177 e. The Morgan fingerprint density at radius 1 is 1.50 bits per heavy atom. The predicted molar refractivity (Wildman–Crippen MR) is 35.6 cm³/mol. The summed E-state index contributed by atoms with van der Waals surface area (Å²) in [5.41, 5.74) is 4.41. The summed E-state index contributed by atoms with van der Waals surface area (Å²) in [6, 6.07) is 0. The molecule has 1 aliphatic carbocycles. The lowest BCUT2D eigenvalue weighted by molar-refractivity contribution is 1.05. The zero-order valence-corrected chi connectivity index (χ0v) is 5.15. The summed E-state index contributed by atoms with van der Waals surface area (Å²) in [4.78, 5) is 0. The third-order valence-corrected chi connectivity index (χ3v) is 1.21. The Balaban J connectivity index is 2.76. The van der Waals surface area contributed by atoms with Crippen LogP contribution in [0.3, 0.4) is 0 Å². The first-order valence-corrected chi connectivity index (χ1v) is 2.97. The number of allylic oxidation sites excluding steroid dienone is 3. The van der Waals surface area contributed by atoms with Gasteiger partial charge in [0, 0.05) is 0 Å². The van der Waals surface area contributed by atoms with E-state index in [-0.39, 0.29) is 0 Å². The molecule has 0 aromatic rings. The van der Waals surface area contributed by atoms with Crippen LogP contribution in [-0.2, 0) is 0 Å². The molecule has 0 amide bonds. The molecule has 8 heavy (non-hydrogen) atoms. The Kier molecular flexibility index (Phi) is 1.71. The second-order valence-electron chi connectivity index (χ2n) is 2.04. The zero-order chi connectivity index (χ0) is 5.82. The molecule has 0 bridgehead atoms. The van der Waals surface area contributed by atoms with E-state index in [1.807, 2.05) is 6.08 Å². The molecule has 42 valence electrons. The summed E-state index contributed by atoms with van der Waals surface area (Å²) in [7, 11) is 0. The van der Waals surface area contributed by atoms with E-state index in [2.05, 4.69) is 24.8 Å². The molecule has 0 spiro atoms. The summed E-state index contributed by atoms with van der Waals surface area (Å²) in [5, 5.41) is 0. The van der Waals surface area contributed by atoms with Crippen LogP contribution in [0.2, 0.25) is 0 Å². The SMILES string of the molecule is CC1=CCCC=C=C1. The predicted octanol–water partition coefficient (Wildman–Crippen LogP) is 2.44. The molecular formula is C8H10. The Morgan fingerprint density at radius 3 is 3.25 bits per heavy atom. The Bertz CT molecular complexity index is 155. The molecule has 0 radical (unpaired) electrons. The van der Waals surface area contributed by atoms with E-state index in [0.717, 1.165) is 6.42 Å². The van der Waals surface area contributed by atoms with Crippen molar-refractivity contribution in [1.29, 1.82) is 0 Å². The standard InChI is InChI=1S/C8H10/c1-8-6-4-2-3-5-7-8/h2,6-7H,3,5H2,1H3. The van der Waals surface area contributed by atoms with E-state index in [1.54, 1.807) is 0 Å². The summed E-state index contributed by atoms with van der Waals surface area (Å²) >= 11 is 0. The van der Waals surface area contributed by atoms with E-state index >= 15 is 0 Å². The molecule has 1 aliphatic rings. The van der Waals surface area contributed by atoms with E-state index in [1.165, 1.54) is 12.0 Å². The quantitative estimate of drug-likeness (QED) is 0.416. The van der Waals surface area contributed by atoms with Crippen LogP contribution >= 0.6 is 0 Å². The fraction of sp³-hybridized carbons (Fsp3) is 0.375. The van der Waals surface area contributed by atoms with Crippen LogP contribution in [-0.4, -0.2) is 0 Å².